The van der Waals surface area contributed by atoms with Crippen molar-refractivity contribution < 1.29 is 0 Å². The van der Waals surface area contributed by atoms with Crippen molar-refractivity contribution in [2.45, 2.75) is 18.9 Å². The highest BCUT2D eigenvalue weighted by atomic mass is 127. The molecule has 0 N–H and O–H groups in total. The first-order valence-electron chi connectivity index (χ1n) is 5.98. The Kier molecular flexibility index (Phi) is 2.93. The van der Waals surface area contributed by atoms with E-state index in [1.165, 1.54) is 0 Å². The molecule has 0 aliphatic heterocycles. The standard InChI is InChI=1S/C13H12IN5/c1-8(11-7-18(2)17-13(11)14)12-5-9(6-15)16-19(12)10-3-4-10/h5,7,10H,1,3-4H2,2H3. The SMILES string of the molecule is C=C(c1cn(C)nc1I)c1cc(C#N)nn1C1CC1. The smallest absolute Gasteiger partial charge is 0.163 e. The van der Waals surface area contributed by atoms with E-state index in [1.54, 1.807) is 4.68 Å². The van der Waals surface area contributed by atoms with Crippen LogP contribution in [0.2, 0.25) is 0 Å². The summed E-state index contributed by atoms with van der Waals surface area (Å²) in [5.74, 6) is 0. The van der Waals surface area contributed by atoms with Gasteiger partial charge in [0.2, 0.25) is 0 Å². The molecule has 2 aromatic rings. The third kappa shape index (κ3) is 2.18. The highest BCUT2D eigenvalue weighted by molar-refractivity contribution is 14.1. The zero-order chi connectivity index (χ0) is 13.6. The van der Waals surface area contributed by atoms with Crippen LogP contribution in [0.5, 0.6) is 0 Å². The molecule has 3 rings (SSSR count). The van der Waals surface area contributed by atoms with Crippen LogP contribution in [-0.4, -0.2) is 19.6 Å². The van der Waals surface area contributed by atoms with E-state index in [0.29, 0.717) is 11.7 Å². The Bertz CT molecular complexity index is 699. The monoisotopic (exact) mass is 365 g/mol. The molecule has 6 heteroatoms. The lowest BCUT2D eigenvalue weighted by Crippen LogP contribution is -2.02. The Balaban J connectivity index is 2.06. The second-order valence-corrected chi connectivity index (χ2v) is 5.71. The Morgan fingerprint density at radius 1 is 1.53 bits per heavy atom. The number of aryl methyl sites for hydroxylation is 1. The van der Waals surface area contributed by atoms with Crippen molar-refractivity contribution in [2.75, 3.05) is 0 Å². The summed E-state index contributed by atoms with van der Waals surface area (Å²) < 4.78 is 4.61. The van der Waals surface area contributed by atoms with E-state index < -0.39 is 0 Å². The Morgan fingerprint density at radius 3 is 2.79 bits per heavy atom. The minimum atomic E-state index is 0.420. The van der Waals surface area contributed by atoms with E-state index >= 15 is 0 Å². The van der Waals surface area contributed by atoms with Gasteiger partial charge in [-0.15, -0.1) is 0 Å². The van der Waals surface area contributed by atoms with Gasteiger partial charge in [0.05, 0.1) is 11.7 Å². The van der Waals surface area contributed by atoms with Crippen LogP contribution >= 0.6 is 22.6 Å². The first kappa shape index (κ1) is 12.4. The van der Waals surface area contributed by atoms with Crippen molar-refractivity contribution >= 4 is 28.2 Å². The van der Waals surface area contributed by atoms with Gasteiger partial charge in [-0.25, -0.2) is 0 Å². The first-order chi connectivity index (χ1) is 9.10. The number of nitriles is 1. The van der Waals surface area contributed by atoms with E-state index in [1.807, 2.05) is 24.0 Å². The van der Waals surface area contributed by atoms with Crippen molar-refractivity contribution in [3.63, 3.8) is 0 Å². The summed E-state index contributed by atoms with van der Waals surface area (Å²) in [6.07, 6.45) is 4.19. The molecule has 1 fully saturated rings. The average molecular weight is 365 g/mol. The summed E-state index contributed by atoms with van der Waals surface area (Å²) in [5, 5.41) is 17.7. The third-order valence-corrected chi connectivity index (χ3v) is 3.96. The molecule has 0 amide bonds. The molecule has 2 heterocycles. The predicted octanol–water partition coefficient (Wildman–Crippen LogP) is 2.49. The molecule has 1 saturated carbocycles. The molecular weight excluding hydrogens is 353 g/mol. The molecular formula is C13H12IN5. The van der Waals surface area contributed by atoms with Crippen LogP contribution in [0.25, 0.3) is 5.57 Å². The van der Waals surface area contributed by atoms with E-state index in [4.69, 9.17) is 5.26 Å². The largest absolute Gasteiger partial charge is 0.274 e. The van der Waals surface area contributed by atoms with Crippen molar-refractivity contribution in [2.24, 2.45) is 7.05 Å². The average Bonchev–Trinajstić information content (AvgIpc) is 3.05. The summed E-state index contributed by atoms with van der Waals surface area (Å²) >= 11 is 2.20. The van der Waals surface area contributed by atoms with Crippen LogP contribution in [-0.2, 0) is 7.05 Å². The molecule has 5 nitrogen and oxygen atoms in total. The minimum absolute atomic E-state index is 0.420. The van der Waals surface area contributed by atoms with Gasteiger partial charge in [0, 0.05) is 30.4 Å². The predicted molar refractivity (Wildman–Crippen MR) is 79.3 cm³/mol. The molecule has 0 atom stereocenters. The number of halogens is 1. The lowest BCUT2D eigenvalue weighted by Gasteiger charge is -2.07. The maximum absolute atomic E-state index is 9.02. The third-order valence-electron chi connectivity index (χ3n) is 3.16. The van der Waals surface area contributed by atoms with Crippen molar-refractivity contribution in [3.05, 3.63) is 39.5 Å². The molecule has 0 spiro atoms. The molecule has 0 bridgehead atoms. The Labute approximate surface area is 124 Å². The Morgan fingerprint density at radius 2 is 2.26 bits per heavy atom. The zero-order valence-electron chi connectivity index (χ0n) is 10.5. The Hall–Kier alpha value is -1.62. The number of nitrogens with zero attached hydrogens (tertiary/aromatic N) is 5. The molecule has 0 unspecified atom stereocenters. The van der Waals surface area contributed by atoms with Gasteiger partial charge < -0.3 is 0 Å². The van der Waals surface area contributed by atoms with Crippen molar-refractivity contribution in [3.8, 4) is 6.07 Å². The summed E-state index contributed by atoms with van der Waals surface area (Å²) in [4.78, 5) is 0. The lowest BCUT2D eigenvalue weighted by atomic mass is 10.1. The summed E-state index contributed by atoms with van der Waals surface area (Å²) in [5.41, 5.74) is 3.24. The van der Waals surface area contributed by atoms with Gasteiger partial charge >= 0.3 is 0 Å². The number of aromatic nitrogens is 4. The highest BCUT2D eigenvalue weighted by Crippen LogP contribution is 2.38. The molecule has 1 aliphatic rings. The maximum Gasteiger partial charge on any atom is 0.163 e. The maximum atomic E-state index is 9.02. The van der Waals surface area contributed by atoms with Gasteiger partial charge in [-0.3, -0.25) is 9.36 Å². The van der Waals surface area contributed by atoms with Crippen LogP contribution < -0.4 is 0 Å². The fourth-order valence-electron chi connectivity index (χ4n) is 2.07. The number of rotatable bonds is 3. The molecule has 0 radical (unpaired) electrons. The van der Waals surface area contributed by atoms with Crippen molar-refractivity contribution in [1.29, 1.82) is 5.26 Å². The molecule has 96 valence electrons. The lowest BCUT2D eigenvalue weighted by molar-refractivity contribution is 0.631. The van der Waals surface area contributed by atoms with E-state index in [-0.39, 0.29) is 0 Å². The second kappa shape index (κ2) is 4.49. The first-order valence-corrected chi connectivity index (χ1v) is 7.06. The fraction of sp³-hybridized carbons (Fsp3) is 0.308. The highest BCUT2D eigenvalue weighted by Gasteiger charge is 2.28. The van der Waals surface area contributed by atoms with Crippen LogP contribution in [0, 0.1) is 15.0 Å². The van der Waals surface area contributed by atoms with Gasteiger partial charge in [0.25, 0.3) is 0 Å². The number of hydrogen-bond acceptors (Lipinski definition) is 3. The molecule has 0 saturated heterocycles. The fourth-order valence-corrected chi connectivity index (χ4v) is 2.88. The van der Waals surface area contributed by atoms with Crippen LogP contribution in [0.1, 0.15) is 35.8 Å². The van der Waals surface area contributed by atoms with Crippen LogP contribution in [0.4, 0.5) is 0 Å². The quantitative estimate of drug-likeness (QED) is 0.786. The van der Waals surface area contributed by atoms with Gasteiger partial charge in [-0.2, -0.15) is 15.5 Å². The summed E-state index contributed by atoms with van der Waals surface area (Å²) in [6, 6.07) is 4.33. The zero-order valence-corrected chi connectivity index (χ0v) is 12.6. The number of hydrogen-bond donors (Lipinski definition) is 0. The second-order valence-electron chi connectivity index (χ2n) is 4.69. The summed E-state index contributed by atoms with van der Waals surface area (Å²) in [6.45, 7) is 4.16. The summed E-state index contributed by atoms with van der Waals surface area (Å²) in [7, 11) is 1.89. The molecule has 2 aromatic heterocycles. The van der Waals surface area contributed by atoms with Crippen LogP contribution in [0.15, 0.2) is 18.8 Å². The van der Waals surface area contributed by atoms with Crippen molar-refractivity contribution in [1.82, 2.24) is 19.6 Å². The molecule has 0 aromatic carbocycles. The van der Waals surface area contributed by atoms with E-state index in [0.717, 1.165) is 33.4 Å². The normalized spacial score (nSPS) is 14.4. The topological polar surface area (TPSA) is 59.4 Å². The van der Waals surface area contributed by atoms with Gasteiger partial charge in [-0.05, 0) is 35.4 Å². The van der Waals surface area contributed by atoms with E-state index in [9.17, 15) is 0 Å². The van der Waals surface area contributed by atoms with Crippen LogP contribution in [0.3, 0.4) is 0 Å². The van der Waals surface area contributed by atoms with Gasteiger partial charge in [0.1, 0.15) is 9.77 Å². The molecule has 19 heavy (non-hydrogen) atoms. The molecule has 1 aliphatic carbocycles. The van der Waals surface area contributed by atoms with Gasteiger partial charge in [0.15, 0.2) is 5.69 Å². The van der Waals surface area contributed by atoms with E-state index in [2.05, 4.69) is 45.4 Å². The van der Waals surface area contributed by atoms with Gasteiger partial charge in [-0.1, -0.05) is 6.58 Å². The minimum Gasteiger partial charge on any atom is -0.274 e.